The molecule has 0 aliphatic rings. The summed E-state index contributed by atoms with van der Waals surface area (Å²) in [4.78, 5) is 14.4. The first-order valence-electron chi connectivity index (χ1n) is 6.70. The fourth-order valence-electron chi connectivity index (χ4n) is 1.90. The molecule has 106 valence electrons. The van der Waals surface area contributed by atoms with Gasteiger partial charge in [0.1, 0.15) is 5.75 Å². The number of amides is 1. The molecule has 1 aromatic carbocycles. The van der Waals surface area contributed by atoms with Crippen molar-refractivity contribution < 1.29 is 9.53 Å². The quantitative estimate of drug-likeness (QED) is 0.716. The van der Waals surface area contributed by atoms with Gasteiger partial charge in [0.2, 0.25) is 0 Å². The van der Waals surface area contributed by atoms with Crippen molar-refractivity contribution >= 4 is 17.5 Å². The van der Waals surface area contributed by atoms with Gasteiger partial charge in [-0.3, -0.25) is 4.79 Å². The predicted octanol–water partition coefficient (Wildman–Crippen LogP) is 3.56. The molecule has 0 saturated heterocycles. The van der Waals surface area contributed by atoms with Crippen LogP contribution >= 0.6 is 11.6 Å². The zero-order valence-corrected chi connectivity index (χ0v) is 12.6. The van der Waals surface area contributed by atoms with Gasteiger partial charge in [0, 0.05) is 18.5 Å². The Balaban J connectivity index is 2.95. The van der Waals surface area contributed by atoms with E-state index in [0.717, 1.165) is 6.42 Å². The second-order valence-corrected chi connectivity index (χ2v) is 4.94. The molecule has 0 saturated carbocycles. The van der Waals surface area contributed by atoms with E-state index in [4.69, 9.17) is 16.3 Å². The molecule has 19 heavy (non-hydrogen) atoms. The topological polar surface area (TPSA) is 29.5 Å². The number of carbonyl (C=O) groups is 1. The first kappa shape index (κ1) is 15.8. The Hall–Kier alpha value is -1.22. The van der Waals surface area contributed by atoms with E-state index in [1.54, 1.807) is 0 Å². The molecule has 1 rings (SSSR count). The van der Waals surface area contributed by atoms with Crippen molar-refractivity contribution in [3.05, 3.63) is 29.8 Å². The van der Waals surface area contributed by atoms with Gasteiger partial charge < -0.3 is 9.64 Å². The summed E-state index contributed by atoms with van der Waals surface area (Å²) >= 11 is 5.72. The Bertz CT molecular complexity index is 407. The Labute approximate surface area is 120 Å². The number of halogens is 1. The van der Waals surface area contributed by atoms with Crippen molar-refractivity contribution in [3.63, 3.8) is 0 Å². The molecule has 3 nitrogen and oxygen atoms in total. The van der Waals surface area contributed by atoms with Gasteiger partial charge in [-0.1, -0.05) is 12.1 Å². The fourth-order valence-corrected chi connectivity index (χ4v) is 2.02. The van der Waals surface area contributed by atoms with Crippen LogP contribution in [0.4, 0.5) is 0 Å². The third-order valence-electron chi connectivity index (χ3n) is 2.83. The van der Waals surface area contributed by atoms with Crippen LogP contribution in [0.25, 0.3) is 0 Å². The van der Waals surface area contributed by atoms with Crippen LogP contribution in [-0.4, -0.2) is 35.9 Å². The average Bonchev–Trinajstić information content (AvgIpc) is 2.39. The molecular weight excluding hydrogens is 262 g/mol. The second-order valence-electron chi connectivity index (χ2n) is 4.56. The summed E-state index contributed by atoms with van der Waals surface area (Å²) in [5.41, 5.74) is 0.618. The number of alkyl halides is 1. The largest absolute Gasteiger partial charge is 0.493 e. The molecule has 0 fully saturated rings. The molecule has 0 bridgehead atoms. The molecule has 0 atom stereocenters. The molecule has 1 aromatic rings. The van der Waals surface area contributed by atoms with Crippen LogP contribution < -0.4 is 4.74 Å². The van der Waals surface area contributed by atoms with E-state index in [1.165, 1.54) is 0 Å². The minimum Gasteiger partial charge on any atom is -0.493 e. The van der Waals surface area contributed by atoms with Crippen molar-refractivity contribution in [2.24, 2.45) is 0 Å². The number of benzene rings is 1. The lowest BCUT2D eigenvalue weighted by Crippen LogP contribution is -2.38. The SMILES string of the molecule is CCOc1ccccc1C(=O)N(CCCCl)C(C)C. The molecule has 0 N–H and O–H groups in total. The second kappa shape index (κ2) is 8.05. The van der Waals surface area contributed by atoms with Gasteiger partial charge in [-0.2, -0.15) is 0 Å². The highest BCUT2D eigenvalue weighted by Crippen LogP contribution is 2.21. The zero-order valence-electron chi connectivity index (χ0n) is 11.9. The van der Waals surface area contributed by atoms with Gasteiger partial charge in [-0.15, -0.1) is 11.6 Å². The molecule has 1 amide bonds. The Morgan fingerprint density at radius 2 is 2.05 bits per heavy atom. The van der Waals surface area contributed by atoms with Gasteiger partial charge in [-0.05, 0) is 39.3 Å². The molecule has 0 unspecified atom stereocenters. The fraction of sp³-hybridized carbons (Fsp3) is 0.533. The summed E-state index contributed by atoms with van der Waals surface area (Å²) < 4.78 is 5.52. The minimum absolute atomic E-state index is 0.00386. The van der Waals surface area contributed by atoms with Gasteiger partial charge in [0.25, 0.3) is 5.91 Å². The summed E-state index contributed by atoms with van der Waals surface area (Å²) in [6.07, 6.45) is 0.794. The smallest absolute Gasteiger partial charge is 0.257 e. The van der Waals surface area contributed by atoms with Crippen LogP contribution in [0.15, 0.2) is 24.3 Å². The van der Waals surface area contributed by atoms with Gasteiger partial charge in [-0.25, -0.2) is 0 Å². The van der Waals surface area contributed by atoms with Crippen molar-refractivity contribution in [1.82, 2.24) is 4.90 Å². The summed E-state index contributed by atoms with van der Waals surface area (Å²) in [6.45, 7) is 7.15. The van der Waals surface area contributed by atoms with Crippen LogP contribution in [0.3, 0.4) is 0 Å². The maximum atomic E-state index is 12.6. The third-order valence-corrected chi connectivity index (χ3v) is 3.10. The zero-order chi connectivity index (χ0) is 14.3. The van der Waals surface area contributed by atoms with E-state index in [0.29, 0.717) is 30.3 Å². The van der Waals surface area contributed by atoms with E-state index >= 15 is 0 Å². The van der Waals surface area contributed by atoms with Crippen LogP contribution in [0.1, 0.15) is 37.6 Å². The highest BCUT2D eigenvalue weighted by molar-refractivity contribution is 6.17. The van der Waals surface area contributed by atoms with Crippen molar-refractivity contribution in [2.45, 2.75) is 33.2 Å². The van der Waals surface area contributed by atoms with Crippen LogP contribution in [-0.2, 0) is 0 Å². The molecule has 4 heteroatoms. The van der Waals surface area contributed by atoms with Crippen molar-refractivity contribution in [3.8, 4) is 5.75 Å². The number of nitrogens with zero attached hydrogens (tertiary/aromatic N) is 1. The van der Waals surface area contributed by atoms with E-state index in [-0.39, 0.29) is 11.9 Å². The highest BCUT2D eigenvalue weighted by Gasteiger charge is 2.21. The highest BCUT2D eigenvalue weighted by atomic mass is 35.5. The Morgan fingerprint density at radius 3 is 2.63 bits per heavy atom. The minimum atomic E-state index is 0.00386. The number of hydrogen-bond donors (Lipinski definition) is 0. The van der Waals surface area contributed by atoms with Crippen LogP contribution in [0.2, 0.25) is 0 Å². The van der Waals surface area contributed by atoms with Crippen LogP contribution in [0.5, 0.6) is 5.75 Å². The average molecular weight is 284 g/mol. The summed E-state index contributed by atoms with van der Waals surface area (Å²) in [6, 6.07) is 7.52. The molecular formula is C15H22ClNO2. The standard InChI is InChI=1S/C15H22ClNO2/c1-4-19-14-9-6-5-8-13(14)15(18)17(12(2)3)11-7-10-16/h5-6,8-9,12H,4,7,10-11H2,1-3H3. The van der Waals surface area contributed by atoms with Gasteiger partial charge in [0.15, 0.2) is 0 Å². The Kier molecular flexibility index (Phi) is 6.71. The number of ether oxygens (including phenoxy) is 1. The van der Waals surface area contributed by atoms with Gasteiger partial charge in [0.05, 0.1) is 12.2 Å². The number of hydrogen-bond acceptors (Lipinski definition) is 2. The van der Waals surface area contributed by atoms with E-state index < -0.39 is 0 Å². The lowest BCUT2D eigenvalue weighted by molar-refractivity contribution is 0.0702. The molecule has 0 aliphatic heterocycles. The first-order chi connectivity index (χ1) is 9.11. The molecule has 0 spiro atoms. The molecule has 0 aromatic heterocycles. The van der Waals surface area contributed by atoms with E-state index in [9.17, 15) is 4.79 Å². The monoisotopic (exact) mass is 283 g/mol. The third kappa shape index (κ3) is 4.43. The van der Waals surface area contributed by atoms with Gasteiger partial charge >= 0.3 is 0 Å². The van der Waals surface area contributed by atoms with E-state index in [2.05, 4.69) is 0 Å². The lowest BCUT2D eigenvalue weighted by Gasteiger charge is -2.27. The summed E-state index contributed by atoms with van der Waals surface area (Å²) in [7, 11) is 0. The predicted molar refractivity (Wildman–Crippen MR) is 79.1 cm³/mol. The maximum absolute atomic E-state index is 12.6. The molecule has 0 aliphatic carbocycles. The molecule has 0 radical (unpaired) electrons. The lowest BCUT2D eigenvalue weighted by atomic mass is 10.1. The summed E-state index contributed by atoms with van der Waals surface area (Å²) in [5.74, 6) is 1.21. The number of rotatable bonds is 7. The normalized spacial score (nSPS) is 10.6. The van der Waals surface area contributed by atoms with Crippen molar-refractivity contribution in [1.29, 1.82) is 0 Å². The summed E-state index contributed by atoms with van der Waals surface area (Å²) in [5, 5.41) is 0. The van der Waals surface area contributed by atoms with Crippen molar-refractivity contribution in [2.75, 3.05) is 19.0 Å². The number of carbonyl (C=O) groups excluding carboxylic acids is 1. The Morgan fingerprint density at radius 1 is 1.37 bits per heavy atom. The maximum Gasteiger partial charge on any atom is 0.257 e. The first-order valence-corrected chi connectivity index (χ1v) is 7.24. The van der Waals surface area contributed by atoms with Crippen LogP contribution in [0, 0.1) is 0 Å². The van der Waals surface area contributed by atoms with E-state index in [1.807, 2.05) is 49.9 Å². The number of para-hydroxylation sites is 1. The molecule has 0 heterocycles.